The number of ether oxygens (including phenoxy) is 2. The average molecular weight is 513 g/mol. The van der Waals surface area contributed by atoms with Crippen LogP contribution in [0.15, 0.2) is 30.4 Å². The van der Waals surface area contributed by atoms with Crippen LogP contribution in [0.4, 0.5) is 27.6 Å². The lowest BCUT2D eigenvalue weighted by molar-refractivity contribution is -0.137. The van der Waals surface area contributed by atoms with E-state index in [1.54, 1.807) is 0 Å². The SMILES string of the molecule is O=C(O)CCCOc1cc(N2C(=O)C=CC2=O)c(F)cc1CCC(=O)Oc1c(F)c(F)cc(F)c1F. The number of aryl methyl sites for hydroxylation is 1. The maximum atomic E-state index is 14.8. The average Bonchev–Trinajstić information content (AvgIpc) is 3.15. The number of hydrogen-bond donors (Lipinski definition) is 1. The van der Waals surface area contributed by atoms with Crippen LogP contribution in [0.2, 0.25) is 0 Å². The van der Waals surface area contributed by atoms with Gasteiger partial charge in [-0.3, -0.25) is 19.2 Å². The molecule has 0 spiro atoms. The number of halogens is 5. The van der Waals surface area contributed by atoms with E-state index in [2.05, 4.69) is 4.74 Å². The normalized spacial score (nSPS) is 12.9. The topological polar surface area (TPSA) is 110 Å². The van der Waals surface area contributed by atoms with Crippen molar-refractivity contribution in [1.29, 1.82) is 0 Å². The maximum absolute atomic E-state index is 14.8. The van der Waals surface area contributed by atoms with E-state index in [0.717, 1.165) is 24.3 Å². The molecule has 0 bridgehead atoms. The van der Waals surface area contributed by atoms with Crippen LogP contribution in [0.1, 0.15) is 24.8 Å². The molecule has 0 atom stereocenters. The number of esters is 1. The fourth-order valence-corrected chi connectivity index (χ4v) is 3.17. The third-order valence-corrected chi connectivity index (χ3v) is 4.86. The van der Waals surface area contributed by atoms with Crippen molar-refractivity contribution in [3.05, 3.63) is 65.0 Å². The van der Waals surface area contributed by atoms with Crippen LogP contribution >= 0.6 is 0 Å². The smallest absolute Gasteiger partial charge is 0.311 e. The molecule has 2 aromatic carbocycles. The fraction of sp³-hybridized carbons (Fsp3) is 0.217. The van der Waals surface area contributed by atoms with E-state index in [1.165, 1.54) is 0 Å². The molecule has 0 aromatic heterocycles. The Morgan fingerprint density at radius 3 is 2.06 bits per heavy atom. The number of nitrogens with zero attached hydrogens (tertiary/aromatic N) is 1. The van der Waals surface area contributed by atoms with Gasteiger partial charge in [0.15, 0.2) is 11.6 Å². The highest BCUT2D eigenvalue weighted by Crippen LogP contribution is 2.32. The summed E-state index contributed by atoms with van der Waals surface area (Å²) >= 11 is 0. The standard InChI is InChI=1S/C23H16F5NO7/c24-12-8-11(3-6-20(34)36-23-21(27)13(25)9-14(26)22(23)28)16(35-7-1-2-19(32)33)10-15(12)29-17(30)4-5-18(29)31/h4-5,8-10H,1-3,6-7H2,(H,32,33). The van der Waals surface area contributed by atoms with Crippen molar-refractivity contribution in [3.8, 4) is 11.5 Å². The second kappa shape index (κ2) is 11.0. The van der Waals surface area contributed by atoms with Crippen LogP contribution < -0.4 is 14.4 Å². The van der Waals surface area contributed by atoms with E-state index < -0.39 is 70.7 Å². The molecule has 0 radical (unpaired) electrons. The molecule has 2 aromatic rings. The number of hydrogen-bond acceptors (Lipinski definition) is 6. The third-order valence-electron chi connectivity index (χ3n) is 4.86. The Hall–Kier alpha value is -4.29. The van der Waals surface area contributed by atoms with Crippen LogP contribution in [-0.4, -0.2) is 35.5 Å². The Kier molecular flexibility index (Phi) is 8.02. The van der Waals surface area contributed by atoms with E-state index in [4.69, 9.17) is 9.84 Å². The molecule has 8 nitrogen and oxygen atoms in total. The minimum absolute atomic E-state index is 0.0121. The number of carboxylic acids is 1. The van der Waals surface area contributed by atoms with Crippen LogP contribution in [-0.2, 0) is 25.6 Å². The first-order valence-corrected chi connectivity index (χ1v) is 10.3. The fourth-order valence-electron chi connectivity index (χ4n) is 3.17. The molecule has 1 aliphatic rings. The molecule has 1 aliphatic heterocycles. The highest BCUT2D eigenvalue weighted by Gasteiger charge is 2.29. The Labute approximate surface area is 199 Å². The van der Waals surface area contributed by atoms with Gasteiger partial charge in [-0.25, -0.2) is 18.1 Å². The highest BCUT2D eigenvalue weighted by atomic mass is 19.2. The first kappa shape index (κ1) is 26.3. The van der Waals surface area contributed by atoms with Gasteiger partial charge in [0.2, 0.25) is 17.4 Å². The first-order valence-electron chi connectivity index (χ1n) is 10.3. The van der Waals surface area contributed by atoms with Crippen molar-refractivity contribution in [2.45, 2.75) is 25.7 Å². The van der Waals surface area contributed by atoms with Gasteiger partial charge in [-0.05, 0) is 24.5 Å². The summed E-state index contributed by atoms with van der Waals surface area (Å²) < 4.78 is 78.8. The Morgan fingerprint density at radius 2 is 1.47 bits per heavy atom. The molecule has 0 saturated heterocycles. The minimum Gasteiger partial charge on any atom is -0.493 e. The Morgan fingerprint density at radius 1 is 0.861 bits per heavy atom. The monoisotopic (exact) mass is 513 g/mol. The van der Waals surface area contributed by atoms with Gasteiger partial charge in [0.05, 0.1) is 18.7 Å². The minimum atomic E-state index is -1.92. The molecule has 1 N–H and O–H groups in total. The van der Waals surface area contributed by atoms with Crippen LogP contribution in [0.5, 0.6) is 11.5 Å². The molecule has 0 aliphatic carbocycles. The second-order valence-corrected chi connectivity index (χ2v) is 7.37. The van der Waals surface area contributed by atoms with Crippen molar-refractivity contribution in [2.75, 3.05) is 11.5 Å². The van der Waals surface area contributed by atoms with Gasteiger partial charge in [-0.15, -0.1) is 0 Å². The quantitative estimate of drug-likeness (QED) is 0.129. The van der Waals surface area contributed by atoms with Gasteiger partial charge in [-0.2, -0.15) is 8.78 Å². The number of carbonyl (C=O) groups is 4. The van der Waals surface area contributed by atoms with E-state index in [9.17, 15) is 41.1 Å². The molecular weight excluding hydrogens is 497 g/mol. The van der Waals surface area contributed by atoms with Crippen molar-refractivity contribution < 1.29 is 55.7 Å². The summed E-state index contributed by atoms with van der Waals surface area (Å²) in [6.07, 6.45) is 0.593. The summed E-state index contributed by atoms with van der Waals surface area (Å²) in [6.45, 7) is -0.173. The van der Waals surface area contributed by atoms with E-state index in [1.807, 2.05) is 0 Å². The summed E-state index contributed by atoms with van der Waals surface area (Å²) in [5.41, 5.74) is -0.476. The highest BCUT2D eigenvalue weighted by molar-refractivity contribution is 6.28. The van der Waals surface area contributed by atoms with Crippen LogP contribution in [0.25, 0.3) is 0 Å². The van der Waals surface area contributed by atoms with E-state index >= 15 is 0 Å². The lowest BCUT2D eigenvalue weighted by Crippen LogP contribution is -2.30. The van der Waals surface area contributed by atoms with Crippen LogP contribution in [0.3, 0.4) is 0 Å². The first-order chi connectivity index (χ1) is 17.0. The zero-order chi connectivity index (χ0) is 26.6. The lowest BCUT2D eigenvalue weighted by atomic mass is 10.1. The Bertz CT molecular complexity index is 1230. The summed E-state index contributed by atoms with van der Waals surface area (Å²) in [7, 11) is 0. The number of aliphatic carboxylic acids is 1. The largest absolute Gasteiger partial charge is 0.493 e. The molecule has 0 fully saturated rings. The number of anilines is 1. The van der Waals surface area contributed by atoms with Crippen molar-refractivity contribution in [3.63, 3.8) is 0 Å². The lowest BCUT2D eigenvalue weighted by Gasteiger charge is -2.19. The zero-order valence-corrected chi connectivity index (χ0v) is 18.2. The zero-order valence-electron chi connectivity index (χ0n) is 18.2. The molecule has 0 saturated carbocycles. The molecule has 0 unspecified atom stereocenters. The number of amides is 2. The van der Waals surface area contributed by atoms with Crippen LogP contribution in [0, 0.1) is 29.1 Å². The predicted octanol–water partition coefficient (Wildman–Crippen LogP) is 3.59. The molecule has 2 amide bonds. The number of benzene rings is 2. The summed E-state index contributed by atoms with van der Waals surface area (Å²) in [5.74, 6) is -14.2. The van der Waals surface area contributed by atoms with Gasteiger partial charge >= 0.3 is 11.9 Å². The predicted molar refractivity (Wildman–Crippen MR) is 111 cm³/mol. The number of rotatable bonds is 10. The van der Waals surface area contributed by atoms with Crippen molar-refractivity contribution in [1.82, 2.24) is 0 Å². The number of carbonyl (C=O) groups excluding carboxylic acids is 3. The summed E-state index contributed by atoms with van der Waals surface area (Å²) in [5, 5.41) is 8.74. The molecular formula is C23H16F5NO7. The maximum Gasteiger partial charge on any atom is 0.311 e. The molecule has 3 rings (SSSR count). The molecule has 36 heavy (non-hydrogen) atoms. The van der Waals surface area contributed by atoms with Gasteiger partial charge in [-0.1, -0.05) is 0 Å². The summed E-state index contributed by atoms with van der Waals surface area (Å²) in [6, 6.07) is 1.78. The van der Waals surface area contributed by atoms with Gasteiger partial charge < -0.3 is 14.6 Å². The van der Waals surface area contributed by atoms with Gasteiger partial charge in [0.1, 0.15) is 11.6 Å². The summed E-state index contributed by atoms with van der Waals surface area (Å²) in [4.78, 5) is 47.2. The van der Waals surface area contributed by atoms with E-state index in [-0.39, 0.29) is 43.2 Å². The molecule has 1 heterocycles. The molecule has 190 valence electrons. The van der Waals surface area contributed by atoms with Crippen molar-refractivity contribution in [2.24, 2.45) is 0 Å². The van der Waals surface area contributed by atoms with Gasteiger partial charge in [0, 0.05) is 30.7 Å². The third kappa shape index (κ3) is 5.85. The van der Waals surface area contributed by atoms with E-state index in [0.29, 0.717) is 4.90 Å². The second-order valence-electron chi connectivity index (χ2n) is 7.37. The molecule has 13 heteroatoms. The number of imide groups is 1. The van der Waals surface area contributed by atoms with Crippen molar-refractivity contribution >= 4 is 29.4 Å². The van der Waals surface area contributed by atoms with Gasteiger partial charge in [0.25, 0.3) is 11.8 Å². The number of carboxylic acid groups (broad SMARTS) is 1. The Balaban J connectivity index is 1.81.